The lowest BCUT2D eigenvalue weighted by Crippen LogP contribution is -2.10. The Morgan fingerprint density at radius 3 is 2.38 bits per heavy atom. The van der Waals surface area contributed by atoms with Crippen LogP contribution in [-0.2, 0) is 4.74 Å². The predicted molar refractivity (Wildman–Crippen MR) is 64.2 cm³/mol. The summed E-state index contributed by atoms with van der Waals surface area (Å²) < 4.78 is 16.4. The second kappa shape index (κ2) is 7.12. The van der Waals surface area contributed by atoms with Crippen LogP contribution in [0.4, 0.5) is 0 Å². The average molecular weight is 224 g/mol. The van der Waals surface area contributed by atoms with Crippen molar-refractivity contribution in [3.8, 4) is 11.5 Å². The lowest BCUT2D eigenvalue weighted by atomic mass is 10.3. The van der Waals surface area contributed by atoms with Gasteiger partial charge in [0.25, 0.3) is 0 Å². The molecule has 1 rings (SSSR count). The number of hydrogen-bond donors (Lipinski definition) is 0. The molecular weight excluding hydrogens is 204 g/mol. The van der Waals surface area contributed by atoms with Crippen molar-refractivity contribution in [3.05, 3.63) is 24.3 Å². The first-order chi connectivity index (χ1) is 7.74. The Balaban J connectivity index is 2.50. The summed E-state index contributed by atoms with van der Waals surface area (Å²) in [4.78, 5) is 0. The summed E-state index contributed by atoms with van der Waals surface area (Å²) in [7, 11) is 0. The minimum absolute atomic E-state index is 0.150. The van der Waals surface area contributed by atoms with Crippen molar-refractivity contribution in [1.29, 1.82) is 0 Å². The topological polar surface area (TPSA) is 27.7 Å². The fourth-order valence-electron chi connectivity index (χ4n) is 1.28. The summed E-state index contributed by atoms with van der Waals surface area (Å²) in [6.45, 7) is 7.83. The molecule has 0 bridgehead atoms. The molecular formula is C13H20O3. The monoisotopic (exact) mass is 224 g/mol. The van der Waals surface area contributed by atoms with E-state index in [0.29, 0.717) is 19.8 Å². The third-order valence-corrected chi connectivity index (χ3v) is 1.90. The Morgan fingerprint density at radius 2 is 1.75 bits per heavy atom. The molecule has 0 unspecified atom stereocenters. The van der Waals surface area contributed by atoms with Gasteiger partial charge in [-0.15, -0.1) is 0 Å². The molecule has 3 heteroatoms. The summed E-state index contributed by atoms with van der Waals surface area (Å²) in [5.74, 6) is 1.56. The lowest BCUT2D eigenvalue weighted by molar-refractivity contribution is 0.107. The van der Waals surface area contributed by atoms with E-state index < -0.39 is 0 Å². The van der Waals surface area contributed by atoms with Crippen LogP contribution in [0.25, 0.3) is 0 Å². The van der Waals surface area contributed by atoms with Gasteiger partial charge < -0.3 is 14.2 Å². The zero-order valence-corrected chi connectivity index (χ0v) is 10.2. The standard InChI is InChI=1S/C13H20O3/c1-4-14-9-10-15-12-7-5-6-8-13(12)16-11(2)3/h5-8,11H,4,9-10H2,1-3H3. The molecule has 0 radical (unpaired) electrons. The highest BCUT2D eigenvalue weighted by Crippen LogP contribution is 2.27. The number of ether oxygens (including phenoxy) is 3. The van der Waals surface area contributed by atoms with E-state index in [-0.39, 0.29) is 6.10 Å². The Morgan fingerprint density at radius 1 is 1.06 bits per heavy atom. The molecule has 3 nitrogen and oxygen atoms in total. The highest BCUT2D eigenvalue weighted by molar-refractivity contribution is 5.39. The van der Waals surface area contributed by atoms with Gasteiger partial charge in [0.15, 0.2) is 11.5 Å². The minimum atomic E-state index is 0.150. The first kappa shape index (κ1) is 12.8. The number of benzene rings is 1. The van der Waals surface area contributed by atoms with Gasteiger partial charge in [-0.05, 0) is 32.9 Å². The van der Waals surface area contributed by atoms with Gasteiger partial charge in [0.05, 0.1) is 12.7 Å². The highest BCUT2D eigenvalue weighted by Gasteiger charge is 2.05. The molecule has 16 heavy (non-hydrogen) atoms. The molecule has 0 spiro atoms. The smallest absolute Gasteiger partial charge is 0.161 e. The van der Waals surface area contributed by atoms with E-state index in [0.717, 1.165) is 11.5 Å². The number of para-hydroxylation sites is 2. The van der Waals surface area contributed by atoms with Crippen molar-refractivity contribution in [2.24, 2.45) is 0 Å². The Hall–Kier alpha value is -1.22. The molecule has 0 N–H and O–H groups in total. The van der Waals surface area contributed by atoms with Crippen LogP contribution in [-0.4, -0.2) is 25.9 Å². The predicted octanol–water partition coefficient (Wildman–Crippen LogP) is 2.89. The van der Waals surface area contributed by atoms with Crippen LogP contribution in [0, 0.1) is 0 Å². The Kier molecular flexibility index (Phi) is 5.72. The molecule has 0 aliphatic carbocycles. The quantitative estimate of drug-likeness (QED) is 0.666. The van der Waals surface area contributed by atoms with Crippen molar-refractivity contribution >= 4 is 0 Å². The lowest BCUT2D eigenvalue weighted by Gasteiger charge is -2.14. The molecule has 0 fully saturated rings. The van der Waals surface area contributed by atoms with E-state index in [1.165, 1.54) is 0 Å². The zero-order valence-electron chi connectivity index (χ0n) is 10.2. The van der Waals surface area contributed by atoms with Crippen LogP contribution in [0.5, 0.6) is 11.5 Å². The van der Waals surface area contributed by atoms with Crippen molar-refractivity contribution in [2.45, 2.75) is 26.9 Å². The SMILES string of the molecule is CCOCCOc1ccccc1OC(C)C. The highest BCUT2D eigenvalue weighted by atomic mass is 16.5. The van der Waals surface area contributed by atoms with E-state index in [4.69, 9.17) is 14.2 Å². The Bertz CT molecular complexity index is 297. The third-order valence-electron chi connectivity index (χ3n) is 1.90. The summed E-state index contributed by atoms with van der Waals surface area (Å²) in [6.07, 6.45) is 0.150. The van der Waals surface area contributed by atoms with Gasteiger partial charge in [-0.1, -0.05) is 12.1 Å². The Labute approximate surface area is 97.3 Å². The molecule has 0 aromatic heterocycles. The van der Waals surface area contributed by atoms with Crippen LogP contribution in [0.1, 0.15) is 20.8 Å². The maximum Gasteiger partial charge on any atom is 0.161 e. The molecule has 0 heterocycles. The maximum atomic E-state index is 5.64. The molecule has 0 saturated heterocycles. The van der Waals surface area contributed by atoms with Crippen molar-refractivity contribution in [2.75, 3.05) is 19.8 Å². The van der Waals surface area contributed by atoms with Crippen molar-refractivity contribution in [3.63, 3.8) is 0 Å². The largest absolute Gasteiger partial charge is 0.487 e. The van der Waals surface area contributed by atoms with E-state index in [2.05, 4.69) is 0 Å². The second-order valence-corrected chi connectivity index (χ2v) is 3.66. The normalized spacial score (nSPS) is 10.5. The van der Waals surface area contributed by atoms with Gasteiger partial charge in [0, 0.05) is 6.61 Å². The number of rotatable bonds is 7. The second-order valence-electron chi connectivity index (χ2n) is 3.66. The van der Waals surface area contributed by atoms with E-state index >= 15 is 0 Å². The first-order valence-electron chi connectivity index (χ1n) is 5.70. The summed E-state index contributed by atoms with van der Waals surface area (Å²) in [5, 5.41) is 0. The molecule has 0 amide bonds. The van der Waals surface area contributed by atoms with Crippen LogP contribution >= 0.6 is 0 Å². The first-order valence-corrected chi connectivity index (χ1v) is 5.70. The van der Waals surface area contributed by atoms with Gasteiger partial charge >= 0.3 is 0 Å². The number of hydrogen-bond acceptors (Lipinski definition) is 3. The third kappa shape index (κ3) is 4.53. The van der Waals surface area contributed by atoms with Gasteiger partial charge in [-0.3, -0.25) is 0 Å². The van der Waals surface area contributed by atoms with Gasteiger partial charge in [0.2, 0.25) is 0 Å². The molecule has 90 valence electrons. The summed E-state index contributed by atoms with van der Waals surface area (Å²) in [5.41, 5.74) is 0. The van der Waals surface area contributed by atoms with Crippen LogP contribution < -0.4 is 9.47 Å². The molecule has 0 saturated carbocycles. The fourth-order valence-corrected chi connectivity index (χ4v) is 1.28. The van der Waals surface area contributed by atoms with Gasteiger partial charge in [0.1, 0.15) is 6.61 Å². The van der Waals surface area contributed by atoms with Crippen LogP contribution in [0.3, 0.4) is 0 Å². The van der Waals surface area contributed by atoms with Crippen LogP contribution in [0.2, 0.25) is 0 Å². The zero-order chi connectivity index (χ0) is 11.8. The fraction of sp³-hybridized carbons (Fsp3) is 0.538. The molecule has 1 aromatic carbocycles. The van der Waals surface area contributed by atoms with Crippen molar-refractivity contribution in [1.82, 2.24) is 0 Å². The molecule has 0 atom stereocenters. The minimum Gasteiger partial charge on any atom is -0.487 e. The van der Waals surface area contributed by atoms with Crippen LogP contribution in [0.15, 0.2) is 24.3 Å². The molecule has 1 aromatic rings. The molecule has 0 aliphatic heterocycles. The van der Waals surface area contributed by atoms with Gasteiger partial charge in [-0.2, -0.15) is 0 Å². The average Bonchev–Trinajstić information content (AvgIpc) is 2.26. The van der Waals surface area contributed by atoms with E-state index in [1.54, 1.807) is 0 Å². The van der Waals surface area contributed by atoms with Gasteiger partial charge in [-0.25, -0.2) is 0 Å². The van der Waals surface area contributed by atoms with Crippen molar-refractivity contribution < 1.29 is 14.2 Å². The van der Waals surface area contributed by atoms with E-state index in [1.807, 2.05) is 45.0 Å². The summed E-state index contributed by atoms with van der Waals surface area (Å²) >= 11 is 0. The van der Waals surface area contributed by atoms with E-state index in [9.17, 15) is 0 Å². The summed E-state index contributed by atoms with van der Waals surface area (Å²) in [6, 6.07) is 7.69. The maximum absolute atomic E-state index is 5.64. The molecule has 0 aliphatic rings.